The molecular formula is C36H25Cl2Zr. The van der Waals surface area contributed by atoms with E-state index in [4.69, 9.17) is 0 Å². The van der Waals surface area contributed by atoms with Crippen LogP contribution in [0, 0.1) is 17.4 Å². The summed E-state index contributed by atoms with van der Waals surface area (Å²) in [6, 6.07) is 41.6. The molecule has 0 heterocycles. The van der Waals surface area contributed by atoms with Gasteiger partial charge in [0.1, 0.15) is 0 Å². The van der Waals surface area contributed by atoms with Crippen molar-refractivity contribution in [3.63, 3.8) is 0 Å². The molecule has 5 aromatic carbocycles. The van der Waals surface area contributed by atoms with Crippen LogP contribution in [-0.2, 0) is 26.2 Å². The molecule has 0 nitrogen and oxygen atoms in total. The summed E-state index contributed by atoms with van der Waals surface area (Å²) < 4.78 is 0. The second-order valence-electron chi connectivity index (χ2n) is 9.64. The van der Waals surface area contributed by atoms with Gasteiger partial charge in [-0.15, -0.1) is 33.4 Å². The third kappa shape index (κ3) is 4.94. The van der Waals surface area contributed by atoms with Crippen molar-refractivity contribution in [1.82, 2.24) is 0 Å². The van der Waals surface area contributed by atoms with Crippen molar-refractivity contribution >= 4 is 17.7 Å². The van der Waals surface area contributed by atoms with Crippen molar-refractivity contribution < 1.29 is 51.0 Å². The Bertz CT molecular complexity index is 1850. The third-order valence-corrected chi connectivity index (χ3v) is 7.58. The van der Waals surface area contributed by atoms with E-state index < -0.39 is 0 Å². The normalized spacial score (nSPS) is 13.5. The molecule has 187 valence electrons. The Morgan fingerprint density at radius 1 is 0.641 bits per heavy atom. The van der Waals surface area contributed by atoms with Gasteiger partial charge in [-0.1, -0.05) is 127 Å². The Morgan fingerprint density at radius 3 is 1.97 bits per heavy atom. The molecule has 0 aromatic heterocycles. The van der Waals surface area contributed by atoms with E-state index in [9.17, 15) is 0 Å². The fourth-order valence-electron chi connectivity index (χ4n) is 5.92. The van der Waals surface area contributed by atoms with Crippen molar-refractivity contribution in [3.8, 4) is 0 Å². The Hall–Kier alpha value is -2.96. The molecule has 0 bridgehead atoms. The molecule has 0 spiro atoms. The van der Waals surface area contributed by atoms with E-state index in [2.05, 4.69) is 140 Å². The van der Waals surface area contributed by atoms with Crippen LogP contribution in [0.4, 0.5) is 0 Å². The van der Waals surface area contributed by atoms with Crippen LogP contribution in [0.25, 0.3) is 17.7 Å². The summed E-state index contributed by atoms with van der Waals surface area (Å²) in [6.07, 6.45) is 8.51. The van der Waals surface area contributed by atoms with Crippen LogP contribution < -0.4 is 35.3 Å². The van der Waals surface area contributed by atoms with Gasteiger partial charge in [-0.2, -0.15) is 0 Å². The van der Waals surface area contributed by atoms with Gasteiger partial charge in [0.2, 0.25) is 0 Å². The van der Waals surface area contributed by atoms with Crippen LogP contribution in [0.2, 0.25) is 0 Å². The second-order valence-corrected chi connectivity index (χ2v) is 9.64. The molecule has 5 aromatic rings. The summed E-state index contributed by atoms with van der Waals surface area (Å²) in [5.41, 5.74) is 10.3. The summed E-state index contributed by atoms with van der Waals surface area (Å²) in [5.74, 6) is 0.175. The number of rotatable bonds is 3. The molecule has 3 heteroatoms. The first-order chi connectivity index (χ1) is 17.8. The van der Waals surface area contributed by atoms with E-state index in [1.54, 1.807) is 0 Å². The van der Waals surface area contributed by atoms with E-state index >= 15 is 0 Å². The number of hydrogen-bond acceptors (Lipinski definition) is 0. The molecule has 0 amide bonds. The Morgan fingerprint density at radius 2 is 1.28 bits per heavy atom. The van der Waals surface area contributed by atoms with Gasteiger partial charge >= 0.3 is 26.2 Å². The SMILES string of the molecule is Cc1cccc2c1C=CC2c1c2c(ccc1=C(c1ccccc1)c1ccccc1)=c1ccccc1=[C-]2.[Cl-].[Cl-].[Zr+3]. The maximum atomic E-state index is 3.82. The summed E-state index contributed by atoms with van der Waals surface area (Å²) in [4.78, 5) is 0. The zero-order valence-electron chi connectivity index (χ0n) is 21.5. The van der Waals surface area contributed by atoms with Gasteiger partial charge in [0.15, 0.2) is 0 Å². The predicted molar refractivity (Wildman–Crippen MR) is 149 cm³/mol. The quantitative estimate of drug-likeness (QED) is 0.256. The third-order valence-electron chi connectivity index (χ3n) is 7.58. The van der Waals surface area contributed by atoms with E-state index in [0.717, 1.165) is 0 Å². The van der Waals surface area contributed by atoms with Crippen LogP contribution in [-0.4, -0.2) is 0 Å². The second kappa shape index (κ2) is 12.1. The maximum absolute atomic E-state index is 3.82. The van der Waals surface area contributed by atoms with Gasteiger partial charge in [-0.05, 0) is 45.5 Å². The minimum Gasteiger partial charge on any atom is -1.00 e. The molecule has 39 heavy (non-hydrogen) atoms. The van der Waals surface area contributed by atoms with E-state index in [1.165, 1.54) is 65.4 Å². The zero-order chi connectivity index (χ0) is 24.1. The van der Waals surface area contributed by atoms with E-state index in [-0.39, 0.29) is 56.9 Å². The molecule has 1 unspecified atom stereocenters. The molecule has 0 saturated carbocycles. The number of halogens is 2. The summed E-state index contributed by atoms with van der Waals surface area (Å²) >= 11 is 0. The Kier molecular flexibility index (Phi) is 8.97. The number of fused-ring (bicyclic) bond motifs is 3. The van der Waals surface area contributed by atoms with Crippen molar-refractivity contribution in [2.24, 2.45) is 0 Å². The smallest absolute Gasteiger partial charge is 1.00 e. The van der Waals surface area contributed by atoms with Crippen molar-refractivity contribution in [2.75, 3.05) is 0 Å². The van der Waals surface area contributed by atoms with Gasteiger partial charge in [0.25, 0.3) is 0 Å². The monoisotopic (exact) mass is 617 g/mol. The van der Waals surface area contributed by atoms with Crippen molar-refractivity contribution in [2.45, 2.75) is 12.8 Å². The topological polar surface area (TPSA) is 0 Å². The average molecular weight is 620 g/mol. The first-order valence-electron chi connectivity index (χ1n) is 12.6. The van der Waals surface area contributed by atoms with Gasteiger partial charge in [0, 0.05) is 5.92 Å². The molecule has 7 rings (SSSR count). The standard InChI is InChI=1S/C36H25.2ClH.Zr/c1-24-11-10-18-30-28(24)19-21-32(30)36-33(22-20-31-29-17-9-8-16-27(29)23-34(31)36)35(25-12-4-2-5-13-25)26-14-6-3-7-15-26;;;/h2-22,32H,1H3;2*1H;/q-1;;;+3/p-2. The fourth-order valence-corrected chi connectivity index (χ4v) is 5.92. The Balaban J connectivity index is 0.00000118. The van der Waals surface area contributed by atoms with E-state index in [1.807, 2.05) is 0 Å². The van der Waals surface area contributed by atoms with Gasteiger partial charge in [-0.25, -0.2) is 0 Å². The molecule has 2 aliphatic carbocycles. The van der Waals surface area contributed by atoms with Crippen LogP contribution in [0.1, 0.15) is 44.9 Å². The van der Waals surface area contributed by atoms with Gasteiger partial charge in [-0.3, -0.25) is 0 Å². The number of benzene rings is 5. The van der Waals surface area contributed by atoms with Crippen molar-refractivity contribution in [3.05, 3.63) is 181 Å². The average Bonchev–Trinajstić information content (AvgIpc) is 3.53. The van der Waals surface area contributed by atoms with Crippen molar-refractivity contribution in [1.29, 1.82) is 0 Å². The first kappa shape index (κ1) is 29.0. The number of allylic oxidation sites excluding steroid dienone is 1. The molecule has 2 aliphatic rings. The van der Waals surface area contributed by atoms with Crippen LogP contribution in [0.3, 0.4) is 0 Å². The van der Waals surface area contributed by atoms with Crippen LogP contribution >= 0.6 is 0 Å². The molecule has 0 saturated heterocycles. The van der Waals surface area contributed by atoms with Crippen LogP contribution in [0.15, 0.2) is 121 Å². The molecule has 1 radical (unpaired) electrons. The molecule has 0 fully saturated rings. The maximum Gasteiger partial charge on any atom is 3.00 e. The Labute approximate surface area is 261 Å². The summed E-state index contributed by atoms with van der Waals surface area (Å²) in [6.45, 7) is 2.21. The number of hydrogen-bond donors (Lipinski definition) is 0. The van der Waals surface area contributed by atoms with Gasteiger partial charge < -0.3 is 24.8 Å². The minimum absolute atomic E-state index is 0. The number of aryl methyl sites for hydroxylation is 1. The molecule has 1 atom stereocenters. The fraction of sp³-hybridized carbons (Fsp3) is 0.0556. The molecule has 0 aliphatic heterocycles. The zero-order valence-corrected chi connectivity index (χ0v) is 25.4. The largest absolute Gasteiger partial charge is 3.00 e. The van der Waals surface area contributed by atoms with E-state index in [0.29, 0.717) is 0 Å². The first-order valence-corrected chi connectivity index (χ1v) is 12.6. The minimum atomic E-state index is 0. The summed E-state index contributed by atoms with van der Waals surface area (Å²) in [5, 5.41) is 5.00. The molecule has 0 N–H and O–H groups in total. The molecular weight excluding hydrogens is 595 g/mol. The van der Waals surface area contributed by atoms with Gasteiger partial charge in [0.05, 0.1) is 0 Å². The summed E-state index contributed by atoms with van der Waals surface area (Å²) in [7, 11) is 0. The van der Waals surface area contributed by atoms with Crippen LogP contribution in [0.5, 0.6) is 0 Å². The predicted octanol–water partition coefficient (Wildman–Crippen LogP) is 0.713.